The van der Waals surface area contributed by atoms with E-state index < -0.39 is 24.4 Å². The smallest absolute Gasteiger partial charge is 0.401 e. The molecule has 2 saturated heterocycles. The Hall–Kier alpha value is -3.52. The van der Waals surface area contributed by atoms with Crippen molar-refractivity contribution in [3.05, 3.63) is 64.6 Å². The van der Waals surface area contributed by atoms with Gasteiger partial charge in [-0.2, -0.15) is 13.2 Å². The lowest BCUT2D eigenvalue weighted by Gasteiger charge is -2.38. The summed E-state index contributed by atoms with van der Waals surface area (Å²) >= 11 is 6.48. The average molecular weight is 707 g/mol. The van der Waals surface area contributed by atoms with E-state index in [0.29, 0.717) is 37.0 Å². The molecule has 1 N–H and O–H groups in total. The summed E-state index contributed by atoms with van der Waals surface area (Å²) < 4.78 is 66.0. The van der Waals surface area contributed by atoms with Gasteiger partial charge in [-0.1, -0.05) is 29.8 Å². The first-order valence-electron chi connectivity index (χ1n) is 16.6. The van der Waals surface area contributed by atoms with Crippen LogP contribution in [0.25, 0.3) is 11.0 Å². The molecule has 1 saturated carbocycles. The van der Waals surface area contributed by atoms with Crippen LogP contribution in [-0.2, 0) is 20.7 Å². The normalized spacial score (nSPS) is 24.0. The van der Waals surface area contributed by atoms with Gasteiger partial charge in [-0.15, -0.1) is 0 Å². The fourth-order valence-corrected chi connectivity index (χ4v) is 7.46. The van der Waals surface area contributed by atoms with Crippen LogP contribution >= 0.6 is 11.6 Å². The van der Waals surface area contributed by atoms with E-state index in [4.69, 9.17) is 20.8 Å². The van der Waals surface area contributed by atoms with Gasteiger partial charge >= 0.3 is 6.18 Å². The van der Waals surface area contributed by atoms with Crippen LogP contribution in [0.15, 0.2) is 47.1 Å². The molecule has 3 aliphatic rings. The third-order valence-corrected chi connectivity index (χ3v) is 10.2. The molecule has 2 aliphatic heterocycles. The Morgan fingerprint density at radius 3 is 2.51 bits per heavy atom. The second-order valence-electron chi connectivity index (χ2n) is 13.2. The number of alkyl halides is 3. The summed E-state index contributed by atoms with van der Waals surface area (Å²) in [5, 5.41) is 3.28. The van der Waals surface area contributed by atoms with Crippen LogP contribution in [0.1, 0.15) is 48.0 Å². The number of para-hydroxylation sites is 1. The van der Waals surface area contributed by atoms with Gasteiger partial charge in [-0.05, 0) is 55.9 Å². The predicted octanol–water partition coefficient (Wildman–Crippen LogP) is 5.94. The van der Waals surface area contributed by atoms with Gasteiger partial charge in [-0.3, -0.25) is 19.4 Å². The molecule has 9 nitrogen and oxygen atoms in total. The second-order valence-corrected chi connectivity index (χ2v) is 13.6. The molecule has 2 amide bonds. The van der Waals surface area contributed by atoms with Gasteiger partial charge in [-0.25, -0.2) is 4.39 Å². The van der Waals surface area contributed by atoms with Crippen molar-refractivity contribution < 1.29 is 41.1 Å². The van der Waals surface area contributed by atoms with Crippen molar-refractivity contribution in [1.82, 2.24) is 14.7 Å². The standard InChI is InChI=1S/C35H39ClF4N4O5/c36-29-13-23(30(37)16-31(29)41-34(47)28-20-49-32-4-2-1-3-27(28)32)14-33(46)44-17-24(43-11-9-42(10-12-43)21-35(38,39)40)15-25(44)19-48-26-7-5-22(18-45)6-8-26/h1-4,13,16,18,20,22,24-26H,5-12,14-15,17,19,21H2,(H,41,47)/t22-,24-,25-,26-/m0/s1. The first kappa shape index (κ1) is 35.3. The van der Waals surface area contributed by atoms with Crippen LogP contribution in [0.2, 0.25) is 5.02 Å². The SMILES string of the molecule is O=C[C@H]1CC[C@H](OC[C@@H]2C[C@H](N3CCN(CC(F)(F)F)CC3)CN2C(=O)Cc2cc(Cl)c(NC(=O)c3coc4ccccc34)cc2F)CC1. The monoisotopic (exact) mass is 706 g/mol. The number of amides is 2. The number of nitrogens with one attached hydrogen (secondary N) is 1. The molecule has 6 rings (SSSR count). The number of likely N-dealkylation sites (tertiary alicyclic amines) is 1. The molecule has 0 radical (unpaired) electrons. The number of hydrogen-bond donors (Lipinski definition) is 1. The second kappa shape index (κ2) is 15.2. The molecule has 2 atom stereocenters. The topological polar surface area (TPSA) is 95.3 Å². The van der Waals surface area contributed by atoms with E-state index >= 15 is 4.39 Å². The van der Waals surface area contributed by atoms with Crippen LogP contribution in [0, 0.1) is 11.7 Å². The number of ether oxygens (including phenoxy) is 1. The minimum Gasteiger partial charge on any atom is -0.463 e. The first-order valence-corrected chi connectivity index (χ1v) is 17.0. The summed E-state index contributed by atoms with van der Waals surface area (Å²) in [6.45, 7) is 1.09. The lowest BCUT2D eigenvalue weighted by Crippen LogP contribution is -2.52. The number of benzene rings is 2. The summed E-state index contributed by atoms with van der Waals surface area (Å²) in [7, 11) is 0. The number of carbonyl (C=O) groups is 3. The molecule has 1 aliphatic carbocycles. The van der Waals surface area contributed by atoms with Gasteiger partial charge < -0.3 is 24.2 Å². The van der Waals surface area contributed by atoms with E-state index in [1.807, 2.05) is 0 Å². The lowest BCUT2D eigenvalue weighted by atomic mass is 9.88. The molecule has 0 spiro atoms. The van der Waals surface area contributed by atoms with Crippen LogP contribution in [-0.4, -0.2) is 103 Å². The van der Waals surface area contributed by atoms with E-state index in [1.165, 1.54) is 17.2 Å². The summed E-state index contributed by atoms with van der Waals surface area (Å²) in [5.74, 6) is -1.52. The number of aldehydes is 1. The zero-order chi connectivity index (χ0) is 34.7. The minimum atomic E-state index is -4.26. The van der Waals surface area contributed by atoms with Crippen LogP contribution in [0.3, 0.4) is 0 Å². The van der Waals surface area contributed by atoms with Crippen LogP contribution in [0.4, 0.5) is 23.2 Å². The van der Waals surface area contributed by atoms with Crippen molar-refractivity contribution in [3.8, 4) is 0 Å². The van der Waals surface area contributed by atoms with Crippen molar-refractivity contribution in [2.45, 2.75) is 62.9 Å². The summed E-state index contributed by atoms with van der Waals surface area (Å²) in [5.41, 5.74) is 0.910. The van der Waals surface area contributed by atoms with Crippen molar-refractivity contribution in [1.29, 1.82) is 0 Å². The molecule has 1 aromatic heterocycles. The number of carbonyl (C=O) groups excluding carboxylic acids is 3. The highest BCUT2D eigenvalue weighted by Crippen LogP contribution is 2.31. The lowest BCUT2D eigenvalue weighted by molar-refractivity contribution is -0.150. The van der Waals surface area contributed by atoms with E-state index in [1.54, 1.807) is 29.2 Å². The van der Waals surface area contributed by atoms with E-state index in [-0.39, 0.29) is 78.0 Å². The number of rotatable bonds is 10. The Morgan fingerprint density at radius 2 is 1.80 bits per heavy atom. The van der Waals surface area contributed by atoms with Gasteiger partial charge in [0.05, 0.1) is 48.0 Å². The molecule has 14 heteroatoms. The number of anilines is 1. The molecular weight excluding hydrogens is 668 g/mol. The highest BCUT2D eigenvalue weighted by molar-refractivity contribution is 6.34. The van der Waals surface area contributed by atoms with E-state index in [9.17, 15) is 27.6 Å². The molecular formula is C35H39ClF4N4O5. The number of furan rings is 1. The zero-order valence-electron chi connectivity index (χ0n) is 26.9. The number of halogens is 5. The maximum absolute atomic E-state index is 15.5. The van der Waals surface area contributed by atoms with Gasteiger partial charge in [0, 0.05) is 50.1 Å². The summed E-state index contributed by atoms with van der Waals surface area (Å²) in [6, 6.07) is 9.04. The molecule has 0 bridgehead atoms. The quantitative estimate of drug-likeness (QED) is 0.206. The van der Waals surface area contributed by atoms with E-state index in [2.05, 4.69) is 10.2 Å². The van der Waals surface area contributed by atoms with Crippen LogP contribution in [0.5, 0.6) is 0 Å². The van der Waals surface area contributed by atoms with Gasteiger partial charge in [0.15, 0.2) is 0 Å². The molecule has 0 unspecified atom stereocenters. The fraction of sp³-hybridized carbons (Fsp3) is 0.514. The highest BCUT2D eigenvalue weighted by atomic mass is 35.5. The van der Waals surface area contributed by atoms with E-state index in [0.717, 1.165) is 38.0 Å². The van der Waals surface area contributed by atoms with Crippen molar-refractivity contribution in [2.24, 2.45) is 5.92 Å². The van der Waals surface area contributed by atoms with Gasteiger partial charge in [0.2, 0.25) is 5.91 Å². The molecule has 3 heterocycles. The average Bonchev–Trinajstić information content (AvgIpc) is 3.71. The molecule has 49 heavy (non-hydrogen) atoms. The molecule has 3 fully saturated rings. The van der Waals surface area contributed by atoms with Crippen molar-refractivity contribution >= 4 is 46.4 Å². The first-order chi connectivity index (χ1) is 23.5. The van der Waals surface area contributed by atoms with Crippen molar-refractivity contribution in [3.63, 3.8) is 0 Å². The van der Waals surface area contributed by atoms with Crippen molar-refractivity contribution in [2.75, 3.05) is 51.2 Å². The number of fused-ring (bicyclic) bond motifs is 1. The maximum Gasteiger partial charge on any atom is 0.401 e. The summed E-state index contributed by atoms with van der Waals surface area (Å²) in [4.78, 5) is 43.1. The Kier molecular flexibility index (Phi) is 10.9. The molecule has 3 aromatic rings. The Bertz CT molecular complexity index is 1650. The highest BCUT2D eigenvalue weighted by Gasteiger charge is 2.40. The zero-order valence-corrected chi connectivity index (χ0v) is 27.6. The Labute approximate surface area is 286 Å². The predicted molar refractivity (Wildman–Crippen MR) is 175 cm³/mol. The Balaban J connectivity index is 1.12. The third kappa shape index (κ3) is 8.62. The van der Waals surface area contributed by atoms with Gasteiger partial charge in [0.25, 0.3) is 5.91 Å². The number of nitrogens with zero attached hydrogens (tertiary/aromatic N) is 3. The molecule has 2 aromatic carbocycles. The largest absolute Gasteiger partial charge is 0.463 e. The van der Waals surface area contributed by atoms with Crippen LogP contribution < -0.4 is 5.32 Å². The minimum absolute atomic E-state index is 0.0304. The maximum atomic E-state index is 15.5. The molecule has 264 valence electrons. The fourth-order valence-electron chi connectivity index (χ4n) is 7.23. The number of hydrogen-bond acceptors (Lipinski definition) is 7. The number of piperazine rings is 1. The third-order valence-electron chi connectivity index (χ3n) is 9.93. The Morgan fingerprint density at radius 1 is 1.06 bits per heavy atom. The van der Waals surface area contributed by atoms with Gasteiger partial charge in [0.1, 0.15) is 23.9 Å². The summed E-state index contributed by atoms with van der Waals surface area (Å²) in [6.07, 6.45) is 1.31.